The van der Waals surface area contributed by atoms with E-state index in [0.29, 0.717) is 32.7 Å². The van der Waals surface area contributed by atoms with Gasteiger partial charge in [0.15, 0.2) is 0 Å². The van der Waals surface area contributed by atoms with Crippen LogP contribution in [-0.2, 0) is 0 Å². The van der Waals surface area contributed by atoms with E-state index in [-0.39, 0.29) is 12.1 Å². The van der Waals surface area contributed by atoms with Gasteiger partial charge in [0.1, 0.15) is 11.4 Å². The van der Waals surface area contributed by atoms with Crippen LogP contribution in [0.1, 0.15) is 17.2 Å². The van der Waals surface area contributed by atoms with E-state index in [2.05, 4.69) is 20.3 Å². The van der Waals surface area contributed by atoms with Crippen LogP contribution in [0.4, 0.5) is 5.69 Å². The van der Waals surface area contributed by atoms with Crippen molar-refractivity contribution in [2.75, 3.05) is 11.9 Å². The number of aromatic nitrogens is 5. The van der Waals surface area contributed by atoms with Crippen LogP contribution in [0.3, 0.4) is 0 Å². The molecule has 0 bridgehead atoms. The summed E-state index contributed by atoms with van der Waals surface area (Å²) < 4.78 is 1.90. The van der Waals surface area contributed by atoms with E-state index in [1.54, 1.807) is 36.8 Å². The number of fused-ring (bicyclic) bond motifs is 1. The van der Waals surface area contributed by atoms with Gasteiger partial charge in [-0.2, -0.15) is 0 Å². The van der Waals surface area contributed by atoms with Gasteiger partial charge >= 0.3 is 0 Å². The summed E-state index contributed by atoms with van der Waals surface area (Å²) in [4.78, 5) is 27.6. The van der Waals surface area contributed by atoms with Gasteiger partial charge in [0.25, 0.3) is 5.56 Å². The lowest BCUT2D eigenvalue weighted by molar-refractivity contribution is 0.192. The van der Waals surface area contributed by atoms with Crippen LogP contribution < -0.4 is 10.9 Å². The van der Waals surface area contributed by atoms with Crippen LogP contribution in [0, 0.1) is 6.92 Å². The minimum Gasteiger partial charge on any atom is -0.387 e. The van der Waals surface area contributed by atoms with Crippen molar-refractivity contribution < 1.29 is 5.11 Å². The van der Waals surface area contributed by atoms with Crippen molar-refractivity contribution in [1.82, 2.24) is 24.5 Å². The fraction of sp³-hybridized carbons (Fsp3) is 0.125. The molecule has 172 valence electrons. The molecule has 3 heterocycles. The van der Waals surface area contributed by atoms with E-state index in [9.17, 15) is 9.90 Å². The van der Waals surface area contributed by atoms with Crippen LogP contribution in [0.2, 0.25) is 10.0 Å². The average Bonchev–Trinajstić information content (AvgIpc) is 3.49. The van der Waals surface area contributed by atoms with Gasteiger partial charge in [-0.1, -0.05) is 35.3 Å². The number of aromatic amines is 2. The van der Waals surface area contributed by atoms with Crippen molar-refractivity contribution >= 4 is 39.9 Å². The maximum atomic E-state index is 12.8. The molecule has 1 atom stereocenters. The summed E-state index contributed by atoms with van der Waals surface area (Å²) in [6, 6.07) is 10.8. The fourth-order valence-corrected chi connectivity index (χ4v) is 4.34. The number of aliphatic hydroxyl groups excluding tert-OH is 1. The van der Waals surface area contributed by atoms with Gasteiger partial charge in [-0.05, 0) is 36.8 Å². The summed E-state index contributed by atoms with van der Waals surface area (Å²) in [6.45, 7) is 2.08. The van der Waals surface area contributed by atoms with Crippen molar-refractivity contribution in [2.45, 2.75) is 13.0 Å². The Labute approximate surface area is 204 Å². The Bertz CT molecular complexity index is 1540. The van der Waals surface area contributed by atoms with E-state index < -0.39 is 6.10 Å². The molecule has 0 amide bonds. The lowest BCUT2D eigenvalue weighted by Crippen LogP contribution is -2.17. The number of aliphatic hydroxyl groups is 1. The molecule has 2 aromatic carbocycles. The minimum absolute atomic E-state index is 0.112. The van der Waals surface area contributed by atoms with E-state index in [0.717, 1.165) is 22.3 Å². The number of benzene rings is 2. The number of imidazole rings is 2. The summed E-state index contributed by atoms with van der Waals surface area (Å²) in [5.74, 6) is 0.417. The van der Waals surface area contributed by atoms with Crippen LogP contribution in [0.5, 0.6) is 0 Å². The highest BCUT2D eigenvalue weighted by Crippen LogP contribution is 2.31. The number of rotatable bonds is 6. The second-order valence-corrected chi connectivity index (χ2v) is 8.63. The molecule has 0 radical (unpaired) electrons. The molecule has 0 aliphatic heterocycles. The molecular weight excluding hydrogens is 475 g/mol. The SMILES string of the molecule is Cc1cc(-n2ccnc2)cc2[nH]c(-c3c(NCC(O)c4cccc(Cl)c4Cl)cc[nH]c3=O)nc12. The van der Waals surface area contributed by atoms with Crippen molar-refractivity contribution in [3.05, 3.63) is 92.8 Å². The van der Waals surface area contributed by atoms with Crippen molar-refractivity contribution in [1.29, 1.82) is 0 Å². The molecule has 4 N–H and O–H groups in total. The predicted octanol–water partition coefficient (Wildman–Crippen LogP) is 4.86. The third kappa shape index (κ3) is 4.07. The first kappa shape index (κ1) is 22.2. The van der Waals surface area contributed by atoms with Crippen LogP contribution >= 0.6 is 23.2 Å². The fourth-order valence-electron chi connectivity index (χ4n) is 3.91. The summed E-state index contributed by atoms with van der Waals surface area (Å²) >= 11 is 12.3. The van der Waals surface area contributed by atoms with E-state index in [4.69, 9.17) is 28.2 Å². The maximum absolute atomic E-state index is 12.8. The Morgan fingerprint density at radius 2 is 2.09 bits per heavy atom. The molecule has 0 spiro atoms. The molecule has 34 heavy (non-hydrogen) atoms. The Balaban J connectivity index is 1.49. The molecule has 5 aromatic rings. The van der Waals surface area contributed by atoms with E-state index in [1.165, 1.54) is 6.20 Å². The third-order valence-electron chi connectivity index (χ3n) is 5.59. The number of H-pyrrole nitrogens is 2. The van der Waals surface area contributed by atoms with Crippen molar-refractivity contribution in [3.63, 3.8) is 0 Å². The Morgan fingerprint density at radius 1 is 1.24 bits per heavy atom. The monoisotopic (exact) mass is 494 g/mol. The van der Waals surface area contributed by atoms with Crippen LogP contribution in [-0.4, -0.2) is 36.2 Å². The van der Waals surface area contributed by atoms with Crippen molar-refractivity contribution in [2.24, 2.45) is 0 Å². The molecule has 3 aromatic heterocycles. The van der Waals surface area contributed by atoms with Gasteiger partial charge in [0.05, 0.1) is 39.2 Å². The molecule has 0 saturated carbocycles. The Kier molecular flexibility index (Phi) is 5.87. The third-order valence-corrected chi connectivity index (χ3v) is 6.42. The topological polar surface area (TPSA) is 112 Å². The highest BCUT2D eigenvalue weighted by Gasteiger charge is 2.18. The van der Waals surface area contributed by atoms with Gasteiger partial charge in [-0.25, -0.2) is 9.97 Å². The van der Waals surface area contributed by atoms with Gasteiger partial charge < -0.3 is 25.0 Å². The molecule has 0 aliphatic carbocycles. The quantitative estimate of drug-likeness (QED) is 0.269. The zero-order valence-electron chi connectivity index (χ0n) is 18.0. The number of halogens is 2. The normalized spacial score (nSPS) is 12.2. The Hall–Kier alpha value is -3.59. The molecule has 0 saturated heterocycles. The first-order chi connectivity index (χ1) is 16.4. The van der Waals surface area contributed by atoms with Crippen LogP contribution in [0.15, 0.2) is 66.1 Å². The number of hydrogen-bond acceptors (Lipinski definition) is 5. The first-order valence-corrected chi connectivity index (χ1v) is 11.2. The Morgan fingerprint density at radius 3 is 2.88 bits per heavy atom. The van der Waals surface area contributed by atoms with Gasteiger partial charge in [0, 0.05) is 36.4 Å². The summed E-state index contributed by atoms with van der Waals surface area (Å²) in [7, 11) is 0. The molecule has 1 unspecified atom stereocenters. The molecule has 0 fully saturated rings. The zero-order valence-corrected chi connectivity index (χ0v) is 19.5. The number of hydrogen-bond donors (Lipinski definition) is 4. The van der Waals surface area contributed by atoms with Crippen molar-refractivity contribution in [3.8, 4) is 17.1 Å². The lowest BCUT2D eigenvalue weighted by Gasteiger charge is -2.16. The molecule has 5 rings (SSSR count). The predicted molar refractivity (Wildman–Crippen MR) is 134 cm³/mol. The number of aryl methyl sites for hydroxylation is 1. The zero-order chi connectivity index (χ0) is 23.8. The molecule has 0 aliphatic rings. The number of anilines is 1. The first-order valence-electron chi connectivity index (χ1n) is 10.5. The highest BCUT2D eigenvalue weighted by molar-refractivity contribution is 6.42. The highest BCUT2D eigenvalue weighted by atomic mass is 35.5. The van der Waals surface area contributed by atoms with Gasteiger partial charge in [0.2, 0.25) is 0 Å². The maximum Gasteiger partial charge on any atom is 0.261 e. The van der Waals surface area contributed by atoms with Crippen LogP contribution in [0.25, 0.3) is 28.1 Å². The second-order valence-electron chi connectivity index (χ2n) is 7.85. The number of pyridine rings is 1. The molecule has 10 heteroatoms. The van der Waals surface area contributed by atoms with E-state index in [1.807, 2.05) is 29.8 Å². The van der Waals surface area contributed by atoms with Gasteiger partial charge in [-0.3, -0.25) is 4.79 Å². The largest absolute Gasteiger partial charge is 0.387 e. The number of nitrogens with zero attached hydrogens (tertiary/aromatic N) is 3. The molecule has 8 nitrogen and oxygen atoms in total. The summed E-state index contributed by atoms with van der Waals surface area (Å²) in [5.41, 5.74) is 4.49. The minimum atomic E-state index is -0.936. The summed E-state index contributed by atoms with van der Waals surface area (Å²) in [5, 5.41) is 14.5. The number of nitrogens with one attached hydrogen (secondary N) is 3. The molecular formula is C24H20Cl2N6O2. The average molecular weight is 495 g/mol. The summed E-state index contributed by atoms with van der Waals surface area (Å²) in [6.07, 6.45) is 5.90. The standard InChI is InChI=1S/C24H20Cl2N6O2/c1-13-9-14(32-8-7-27-12-32)10-18-22(13)31-23(30-18)20-17(5-6-28-24(20)34)29-11-19(33)15-3-2-4-16(25)21(15)26/h2-10,12,19,33H,11H2,1H3,(H,30,31)(H2,28,29,34). The lowest BCUT2D eigenvalue weighted by atomic mass is 10.1. The van der Waals surface area contributed by atoms with E-state index >= 15 is 0 Å². The second kappa shape index (κ2) is 8.98. The smallest absolute Gasteiger partial charge is 0.261 e. The van der Waals surface area contributed by atoms with Gasteiger partial charge in [-0.15, -0.1) is 0 Å².